The van der Waals surface area contributed by atoms with E-state index in [2.05, 4.69) is 12.1 Å². The molecule has 0 bridgehead atoms. The number of hydrogen-bond donors (Lipinski definition) is 1. The van der Waals surface area contributed by atoms with Crippen molar-refractivity contribution in [2.24, 2.45) is 0 Å². The molecule has 0 saturated carbocycles. The molecule has 37 heavy (non-hydrogen) atoms. The standard InChI is InChI=1S/C29H26FN3O2S2/c1-19-4-3-5-22(16-19)27-28(36-29(32-27)21-8-12-25(13-9-21)37(2,34)35)23-14-15-33(26(31)17-23)18-20-6-10-24(30)11-7-20/h3-14,16,31H,15,17-18H2,1-2H3. The Balaban J connectivity index is 1.50. The first kappa shape index (κ1) is 25.0. The lowest BCUT2D eigenvalue weighted by Gasteiger charge is -2.29. The first-order valence-corrected chi connectivity index (χ1v) is 14.5. The minimum absolute atomic E-state index is 0.268. The average molecular weight is 532 g/mol. The third kappa shape index (κ3) is 5.55. The van der Waals surface area contributed by atoms with Crippen molar-refractivity contribution in [3.8, 4) is 21.8 Å². The molecule has 1 aliphatic rings. The van der Waals surface area contributed by atoms with E-state index in [-0.39, 0.29) is 10.7 Å². The van der Waals surface area contributed by atoms with Gasteiger partial charge in [0.1, 0.15) is 16.7 Å². The van der Waals surface area contributed by atoms with Crippen LogP contribution in [0, 0.1) is 18.2 Å². The Hall–Kier alpha value is -3.62. The van der Waals surface area contributed by atoms with Crippen LogP contribution in [0.5, 0.6) is 0 Å². The number of rotatable bonds is 6. The summed E-state index contributed by atoms with van der Waals surface area (Å²) in [6, 6.07) is 21.4. The molecule has 1 aliphatic heterocycles. The summed E-state index contributed by atoms with van der Waals surface area (Å²) in [6.07, 6.45) is 3.81. The van der Waals surface area contributed by atoms with Gasteiger partial charge in [-0.1, -0.05) is 54.1 Å². The van der Waals surface area contributed by atoms with Crippen LogP contribution in [0.4, 0.5) is 4.39 Å². The SMILES string of the molecule is Cc1cccc(-c2nc(-c3ccc(S(C)(=O)=O)cc3)sc2C2=CCN(Cc3ccc(F)cc3)C(=N)C2)c1. The molecule has 4 aromatic rings. The number of nitrogens with one attached hydrogen (secondary N) is 1. The van der Waals surface area contributed by atoms with E-state index in [1.165, 1.54) is 18.4 Å². The highest BCUT2D eigenvalue weighted by Crippen LogP contribution is 2.40. The van der Waals surface area contributed by atoms with Crippen molar-refractivity contribution in [2.45, 2.75) is 24.8 Å². The van der Waals surface area contributed by atoms with Crippen molar-refractivity contribution in [3.63, 3.8) is 0 Å². The van der Waals surface area contributed by atoms with Gasteiger partial charge in [0, 0.05) is 36.9 Å². The van der Waals surface area contributed by atoms with Gasteiger partial charge < -0.3 is 4.90 Å². The number of benzene rings is 3. The molecule has 0 aliphatic carbocycles. The highest BCUT2D eigenvalue weighted by molar-refractivity contribution is 7.90. The Morgan fingerprint density at radius 2 is 1.76 bits per heavy atom. The Morgan fingerprint density at radius 3 is 2.41 bits per heavy atom. The summed E-state index contributed by atoms with van der Waals surface area (Å²) in [5, 5.41) is 9.52. The molecule has 0 unspecified atom stereocenters. The molecule has 5 nitrogen and oxygen atoms in total. The van der Waals surface area contributed by atoms with Crippen LogP contribution in [-0.4, -0.2) is 36.9 Å². The Morgan fingerprint density at radius 1 is 1.03 bits per heavy atom. The minimum Gasteiger partial charge on any atom is -0.352 e. The van der Waals surface area contributed by atoms with Gasteiger partial charge in [-0.3, -0.25) is 5.41 Å². The number of aromatic nitrogens is 1. The summed E-state index contributed by atoms with van der Waals surface area (Å²) in [4.78, 5) is 8.26. The molecule has 1 N–H and O–H groups in total. The third-order valence-electron chi connectivity index (χ3n) is 6.32. The summed E-state index contributed by atoms with van der Waals surface area (Å²) in [6.45, 7) is 3.17. The van der Waals surface area contributed by atoms with Crippen molar-refractivity contribution in [3.05, 3.63) is 101 Å². The number of thiazole rings is 1. The lowest BCUT2D eigenvalue weighted by molar-refractivity contribution is 0.441. The van der Waals surface area contributed by atoms with E-state index >= 15 is 0 Å². The van der Waals surface area contributed by atoms with Crippen LogP contribution in [0.25, 0.3) is 27.4 Å². The zero-order valence-corrected chi connectivity index (χ0v) is 22.2. The summed E-state index contributed by atoms with van der Waals surface area (Å²) < 4.78 is 37.1. The number of nitrogens with zero attached hydrogens (tertiary/aromatic N) is 2. The zero-order valence-electron chi connectivity index (χ0n) is 20.5. The van der Waals surface area contributed by atoms with Gasteiger partial charge in [0.2, 0.25) is 0 Å². The van der Waals surface area contributed by atoms with Crippen molar-refractivity contribution in [1.82, 2.24) is 9.88 Å². The molecule has 0 spiro atoms. The van der Waals surface area contributed by atoms with Crippen molar-refractivity contribution in [1.29, 1.82) is 5.41 Å². The van der Waals surface area contributed by atoms with Gasteiger partial charge in [-0.25, -0.2) is 17.8 Å². The molecule has 0 amide bonds. The fourth-order valence-electron chi connectivity index (χ4n) is 4.33. The predicted octanol–water partition coefficient (Wildman–Crippen LogP) is 6.59. The van der Waals surface area contributed by atoms with E-state index in [1.807, 2.05) is 30.0 Å². The molecule has 0 atom stereocenters. The fraction of sp³-hybridized carbons (Fsp3) is 0.172. The lowest BCUT2D eigenvalue weighted by atomic mass is 10.00. The first-order chi connectivity index (χ1) is 17.7. The van der Waals surface area contributed by atoms with Crippen LogP contribution in [-0.2, 0) is 16.4 Å². The quantitative estimate of drug-likeness (QED) is 0.304. The maximum absolute atomic E-state index is 13.3. The number of halogens is 1. The normalized spacial score (nSPS) is 14.1. The number of sulfone groups is 1. The molecular formula is C29H26FN3O2S2. The summed E-state index contributed by atoms with van der Waals surface area (Å²) >= 11 is 1.56. The maximum atomic E-state index is 13.3. The second-order valence-corrected chi connectivity index (χ2v) is 12.2. The van der Waals surface area contributed by atoms with Gasteiger partial charge in [-0.05, 0) is 48.4 Å². The molecule has 188 valence electrons. The fourth-order valence-corrected chi connectivity index (χ4v) is 6.09. The van der Waals surface area contributed by atoms with Gasteiger partial charge in [-0.15, -0.1) is 11.3 Å². The molecule has 2 heterocycles. The van der Waals surface area contributed by atoms with Crippen LogP contribution in [0.15, 0.2) is 83.8 Å². The molecule has 0 fully saturated rings. The Kier molecular flexibility index (Phi) is 6.79. The number of aryl methyl sites for hydroxylation is 1. The van der Waals surface area contributed by atoms with Crippen molar-refractivity contribution < 1.29 is 12.8 Å². The minimum atomic E-state index is -3.28. The van der Waals surface area contributed by atoms with Crippen LogP contribution in [0.2, 0.25) is 0 Å². The van der Waals surface area contributed by atoms with Crippen LogP contribution < -0.4 is 0 Å². The molecule has 1 aromatic heterocycles. The summed E-state index contributed by atoms with van der Waals surface area (Å²) in [5.41, 5.74) is 5.86. The van der Waals surface area contributed by atoms with E-state index in [4.69, 9.17) is 10.4 Å². The largest absolute Gasteiger partial charge is 0.352 e. The summed E-state index contributed by atoms with van der Waals surface area (Å²) in [7, 11) is -3.28. The smallest absolute Gasteiger partial charge is 0.175 e. The van der Waals surface area contributed by atoms with Crippen LogP contribution >= 0.6 is 11.3 Å². The van der Waals surface area contributed by atoms with Gasteiger partial charge in [0.25, 0.3) is 0 Å². The highest BCUT2D eigenvalue weighted by atomic mass is 32.2. The lowest BCUT2D eigenvalue weighted by Crippen LogP contribution is -2.33. The van der Waals surface area contributed by atoms with E-state index in [0.29, 0.717) is 25.3 Å². The van der Waals surface area contributed by atoms with Crippen molar-refractivity contribution in [2.75, 3.05) is 12.8 Å². The van der Waals surface area contributed by atoms with Crippen LogP contribution in [0.1, 0.15) is 22.4 Å². The topological polar surface area (TPSA) is 74.1 Å². The number of hydrogen-bond acceptors (Lipinski definition) is 5. The average Bonchev–Trinajstić information content (AvgIpc) is 3.32. The van der Waals surface area contributed by atoms with Gasteiger partial charge in [-0.2, -0.15) is 0 Å². The second-order valence-electron chi connectivity index (χ2n) is 9.22. The zero-order chi connectivity index (χ0) is 26.2. The molecule has 0 saturated heterocycles. The third-order valence-corrected chi connectivity index (χ3v) is 8.63. The van der Waals surface area contributed by atoms with E-state index in [1.54, 1.807) is 47.7 Å². The van der Waals surface area contributed by atoms with E-state index < -0.39 is 9.84 Å². The van der Waals surface area contributed by atoms with E-state index in [0.717, 1.165) is 43.4 Å². The first-order valence-electron chi connectivity index (χ1n) is 11.8. The second kappa shape index (κ2) is 10.0. The Labute approximate surface area is 220 Å². The van der Waals surface area contributed by atoms with Gasteiger partial charge in [0.15, 0.2) is 9.84 Å². The van der Waals surface area contributed by atoms with E-state index in [9.17, 15) is 12.8 Å². The molecule has 8 heteroatoms. The van der Waals surface area contributed by atoms with Gasteiger partial charge >= 0.3 is 0 Å². The highest BCUT2D eigenvalue weighted by Gasteiger charge is 2.24. The molecule has 0 radical (unpaired) electrons. The molecule has 5 rings (SSSR count). The molecule has 3 aromatic carbocycles. The van der Waals surface area contributed by atoms with Gasteiger partial charge in [0.05, 0.1) is 15.5 Å². The number of amidine groups is 1. The Bertz CT molecular complexity index is 1610. The monoisotopic (exact) mass is 531 g/mol. The van der Waals surface area contributed by atoms with Crippen molar-refractivity contribution >= 4 is 32.6 Å². The maximum Gasteiger partial charge on any atom is 0.175 e. The summed E-state index contributed by atoms with van der Waals surface area (Å²) in [5.74, 6) is 0.236. The predicted molar refractivity (Wildman–Crippen MR) is 148 cm³/mol. The molecular weight excluding hydrogens is 505 g/mol. The van der Waals surface area contributed by atoms with Crippen LogP contribution in [0.3, 0.4) is 0 Å².